The third-order valence-electron chi connectivity index (χ3n) is 5.96. The number of hydrogen-bond donors (Lipinski definition) is 0. The van der Waals surface area contributed by atoms with Gasteiger partial charge in [-0.2, -0.15) is 13.2 Å². The van der Waals surface area contributed by atoms with E-state index in [4.69, 9.17) is 0 Å². The second-order valence-corrected chi connectivity index (χ2v) is 8.25. The topological polar surface area (TPSA) is 73.8 Å². The summed E-state index contributed by atoms with van der Waals surface area (Å²) in [7, 11) is 1.24. The number of pyridine rings is 1. The average molecular weight is 482 g/mol. The van der Waals surface area contributed by atoms with Gasteiger partial charge in [0.1, 0.15) is 24.0 Å². The molecule has 2 aromatic rings. The van der Waals surface area contributed by atoms with Crippen LogP contribution in [0.5, 0.6) is 0 Å². The van der Waals surface area contributed by atoms with Crippen LogP contribution in [-0.2, 0) is 20.6 Å². The first kappa shape index (κ1) is 23.6. The lowest BCUT2D eigenvalue weighted by atomic mass is 9.95. The first-order valence-corrected chi connectivity index (χ1v) is 10.3. The van der Waals surface area contributed by atoms with Crippen molar-refractivity contribution < 1.29 is 36.3 Å². The monoisotopic (exact) mass is 482 g/mol. The molecule has 0 aliphatic carbocycles. The maximum atomic E-state index is 14.8. The third kappa shape index (κ3) is 3.97. The zero-order valence-electron chi connectivity index (χ0n) is 18.1. The number of likely N-dealkylation sites (N-methyl/N-ethyl adjacent to an activating group) is 1. The van der Waals surface area contributed by atoms with Crippen molar-refractivity contribution in [3.05, 3.63) is 47.2 Å². The fraction of sp³-hybridized carbons (Fsp3) is 0.364. The Balaban J connectivity index is 1.86. The van der Waals surface area contributed by atoms with Gasteiger partial charge in [-0.15, -0.1) is 0 Å². The number of anilines is 3. The van der Waals surface area contributed by atoms with E-state index in [9.17, 15) is 36.3 Å². The number of aromatic nitrogens is 1. The normalized spacial score (nSPS) is 20.7. The van der Waals surface area contributed by atoms with Gasteiger partial charge in [0.2, 0.25) is 11.8 Å². The Morgan fingerprint density at radius 1 is 1.15 bits per heavy atom. The minimum absolute atomic E-state index is 0.00945. The van der Waals surface area contributed by atoms with Crippen LogP contribution < -0.4 is 14.7 Å². The fourth-order valence-electron chi connectivity index (χ4n) is 4.55. The Morgan fingerprint density at radius 2 is 1.85 bits per heavy atom. The molecule has 1 aromatic heterocycles. The van der Waals surface area contributed by atoms with Crippen LogP contribution in [0.3, 0.4) is 0 Å². The summed E-state index contributed by atoms with van der Waals surface area (Å²) in [6.07, 6.45) is -4.45. The quantitative estimate of drug-likeness (QED) is 0.497. The maximum Gasteiger partial charge on any atom is 0.416 e. The number of carbonyl (C=O) groups excluding carboxylic acids is 3. The number of nitrogens with zero attached hydrogens (tertiary/aromatic N) is 4. The molecule has 0 bridgehead atoms. The van der Waals surface area contributed by atoms with Gasteiger partial charge in [-0.25, -0.2) is 13.8 Å². The predicted octanol–water partition coefficient (Wildman–Crippen LogP) is 3.09. The van der Waals surface area contributed by atoms with Crippen LogP contribution in [-0.4, -0.2) is 49.3 Å². The van der Waals surface area contributed by atoms with Gasteiger partial charge >= 0.3 is 6.18 Å². The van der Waals surface area contributed by atoms with E-state index in [1.807, 2.05) is 0 Å². The third-order valence-corrected chi connectivity index (χ3v) is 5.96. The van der Waals surface area contributed by atoms with Crippen molar-refractivity contribution in [3.63, 3.8) is 0 Å². The predicted molar refractivity (Wildman–Crippen MR) is 111 cm³/mol. The van der Waals surface area contributed by atoms with Crippen LogP contribution in [0.2, 0.25) is 0 Å². The summed E-state index contributed by atoms with van der Waals surface area (Å²) in [5.41, 5.74) is -1.39. The number of alkyl halides is 3. The number of hydrogen-bond acceptors (Lipinski definition) is 5. The van der Waals surface area contributed by atoms with Crippen molar-refractivity contribution in [1.29, 1.82) is 0 Å². The number of aldehydes is 1. The van der Waals surface area contributed by atoms with Crippen molar-refractivity contribution >= 4 is 35.3 Å². The fourth-order valence-corrected chi connectivity index (χ4v) is 4.55. The van der Waals surface area contributed by atoms with Gasteiger partial charge in [0.05, 0.1) is 23.5 Å². The zero-order chi connectivity index (χ0) is 24.9. The zero-order valence-corrected chi connectivity index (χ0v) is 18.1. The van der Waals surface area contributed by atoms with Gasteiger partial charge in [0, 0.05) is 37.7 Å². The first-order valence-electron chi connectivity index (χ1n) is 10.3. The molecule has 2 atom stereocenters. The molecular weight excluding hydrogens is 463 g/mol. The summed E-state index contributed by atoms with van der Waals surface area (Å²) in [6.45, 7) is 0.880. The molecule has 2 aliphatic rings. The van der Waals surface area contributed by atoms with Gasteiger partial charge < -0.3 is 14.6 Å². The Kier molecular flexibility index (Phi) is 5.78. The highest BCUT2D eigenvalue weighted by molar-refractivity contribution is 6.10. The van der Waals surface area contributed by atoms with Gasteiger partial charge in [-0.05, 0) is 25.1 Å². The number of rotatable bonds is 3. The van der Waals surface area contributed by atoms with Crippen LogP contribution in [0.4, 0.5) is 39.1 Å². The molecule has 4 rings (SSSR count). The lowest BCUT2D eigenvalue weighted by molar-refractivity contribution is -0.137. The van der Waals surface area contributed by atoms with Gasteiger partial charge in [-0.3, -0.25) is 14.5 Å². The molecule has 180 valence electrons. The summed E-state index contributed by atoms with van der Waals surface area (Å²) in [5, 5.41) is 0. The summed E-state index contributed by atoms with van der Waals surface area (Å²) in [5.74, 6) is -4.49. The largest absolute Gasteiger partial charge is 0.416 e. The molecule has 12 heteroatoms. The van der Waals surface area contributed by atoms with Gasteiger partial charge in [0.15, 0.2) is 5.82 Å². The van der Waals surface area contributed by atoms with E-state index in [0.717, 1.165) is 21.9 Å². The minimum Gasteiger partial charge on any atom is -0.360 e. The smallest absolute Gasteiger partial charge is 0.360 e. The van der Waals surface area contributed by atoms with E-state index in [2.05, 4.69) is 4.98 Å². The number of carbonyl (C=O) groups is 3. The first-order chi connectivity index (χ1) is 15.9. The standard InChI is InChI=1S/C22H19F5N4O3/c1-11-5-13(22(25,26)27)7-17(28-11)31-18(33)6-12-10-30(3-4-32)20-15(24)8-14(23)9-16(20)29(2)21(34)19(12)31/h4-5,7-9,12,19H,3,6,10H2,1-2H3/t12-,19+/m1/s1. The number of benzene rings is 1. The van der Waals surface area contributed by atoms with Gasteiger partial charge in [-0.1, -0.05) is 0 Å². The number of amides is 2. The number of fused-ring (bicyclic) bond motifs is 2. The van der Waals surface area contributed by atoms with Crippen molar-refractivity contribution in [2.45, 2.75) is 25.6 Å². The van der Waals surface area contributed by atoms with Crippen LogP contribution >= 0.6 is 0 Å². The Bertz CT molecular complexity index is 1190. The van der Waals surface area contributed by atoms with E-state index in [0.29, 0.717) is 18.4 Å². The molecule has 1 saturated heterocycles. The lowest BCUT2D eigenvalue weighted by Gasteiger charge is -2.38. The minimum atomic E-state index is -4.71. The van der Waals surface area contributed by atoms with Crippen molar-refractivity contribution in [1.82, 2.24) is 4.98 Å². The second kappa shape index (κ2) is 8.33. The molecule has 0 N–H and O–H groups in total. The van der Waals surface area contributed by atoms with E-state index in [1.54, 1.807) is 0 Å². The average Bonchev–Trinajstić information content (AvgIpc) is 3.05. The Morgan fingerprint density at radius 3 is 2.50 bits per heavy atom. The molecule has 7 nitrogen and oxygen atoms in total. The molecule has 1 aromatic carbocycles. The molecular formula is C22H19F5N4O3. The molecule has 0 radical (unpaired) electrons. The highest BCUT2D eigenvalue weighted by Gasteiger charge is 2.49. The van der Waals surface area contributed by atoms with Gasteiger partial charge in [0.25, 0.3) is 0 Å². The number of aryl methyl sites for hydroxylation is 1. The molecule has 0 unspecified atom stereocenters. The molecule has 1 fully saturated rings. The van der Waals surface area contributed by atoms with Crippen molar-refractivity contribution in [3.8, 4) is 0 Å². The van der Waals surface area contributed by atoms with Crippen LogP contribution in [0.25, 0.3) is 0 Å². The number of halogens is 5. The van der Waals surface area contributed by atoms with Crippen LogP contribution in [0.1, 0.15) is 17.7 Å². The molecule has 2 amide bonds. The summed E-state index contributed by atoms with van der Waals surface area (Å²) in [4.78, 5) is 44.9. The highest BCUT2D eigenvalue weighted by Crippen LogP contribution is 2.41. The molecule has 34 heavy (non-hydrogen) atoms. The summed E-state index contributed by atoms with van der Waals surface area (Å²) in [6, 6.07) is 1.76. The summed E-state index contributed by atoms with van der Waals surface area (Å²) < 4.78 is 68.9. The summed E-state index contributed by atoms with van der Waals surface area (Å²) >= 11 is 0. The van der Waals surface area contributed by atoms with E-state index < -0.39 is 47.1 Å². The molecule has 0 saturated carbocycles. The Hall–Kier alpha value is -3.57. The van der Waals surface area contributed by atoms with E-state index in [1.165, 1.54) is 18.9 Å². The SMILES string of the molecule is Cc1cc(C(F)(F)F)cc(N2C(=O)C[C@@H]3CN(CC=O)c4c(F)cc(F)cc4N(C)C(=O)[C@H]32)n1. The highest BCUT2D eigenvalue weighted by atomic mass is 19.4. The lowest BCUT2D eigenvalue weighted by Crippen LogP contribution is -2.52. The van der Waals surface area contributed by atoms with E-state index >= 15 is 0 Å². The second-order valence-electron chi connectivity index (χ2n) is 8.25. The Labute approximate surface area is 190 Å². The maximum absolute atomic E-state index is 14.8. The van der Waals surface area contributed by atoms with Crippen LogP contribution in [0, 0.1) is 24.5 Å². The molecule has 0 spiro atoms. The molecule has 2 aliphatic heterocycles. The van der Waals surface area contributed by atoms with Crippen molar-refractivity contribution in [2.24, 2.45) is 5.92 Å². The van der Waals surface area contributed by atoms with E-state index in [-0.39, 0.29) is 42.4 Å². The molecule has 3 heterocycles. The van der Waals surface area contributed by atoms with Crippen molar-refractivity contribution in [2.75, 3.05) is 34.8 Å². The van der Waals surface area contributed by atoms with Crippen LogP contribution in [0.15, 0.2) is 24.3 Å².